The van der Waals surface area contributed by atoms with Gasteiger partial charge in [-0.15, -0.1) is 0 Å². The smallest absolute Gasteiger partial charge is 0.340 e. The molecule has 10 nitrogen and oxygen atoms in total. The first-order chi connectivity index (χ1) is 14.1. The number of nitro benzene ring substituents is 1. The first-order valence-electron chi connectivity index (χ1n) is 8.93. The van der Waals surface area contributed by atoms with Gasteiger partial charge in [0.05, 0.1) is 22.4 Å². The van der Waals surface area contributed by atoms with Crippen molar-refractivity contribution >= 4 is 38.8 Å². The molecule has 0 fully saturated rings. The SMILES string of the molecule is CS(=O)(=O)N1CCCc2cc(C(=O)COC(=O)c3cc([N+](=O)[O-])ccc3N)ccc21. The van der Waals surface area contributed by atoms with Crippen molar-refractivity contribution in [3.8, 4) is 0 Å². The van der Waals surface area contributed by atoms with Gasteiger partial charge in [-0.05, 0) is 42.7 Å². The van der Waals surface area contributed by atoms with Gasteiger partial charge in [-0.25, -0.2) is 13.2 Å². The van der Waals surface area contributed by atoms with E-state index in [1.807, 2.05) is 0 Å². The van der Waals surface area contributed by atoms with Crippen LogP contribution in [0, 0.1) is 10.1 Å². The van der Waals surface area contributed by atoms with Gasteiger partial charge < -0.3 is 10.5 Å². The van der Waals surface area contributed by atoms with Gasteiger partial charge in [-0.1, -0.05) is 0 Å². The number of non-ortho nitro benzene ring substituents is 1. The predicted octanol–water partition coefficient (Wildman–Crippen LogP) is 1.93. The van der Waals surface area contributed by atoms with Crippen molar-refractivity contribution in [1.29, 1.82) is 0 Å². The molecular formula is C19H19N3O7S. The van der Waals surface area contributed by atoms with Gasteiger partial charge in [-0.2, -0.15) is 0 Å². The molecule has 30 heavy (non-hydrogen) atoms. The number of ether oxygens (including phenoxy) is 1. The number of hydrogen-bond donors (Lipinski definition) is 1. The van der Waals surface area contributed by atoms with E-state index in [2.05, 4.69) is 0 Å². The number of carbonyl (C=O) groups excluding carboxylic acids is 2. The summed E-state index contributed by atoms with van der Waals surface area (Å²) in [7, 11) is -3.42. The van der Waals surface area contributed by atoms with E-state index >= 15 is 0 Å². The molecule has 0 spiro atoms. The molecule has 0 aromatic heterocycles. The second-order valence-corrected chi connectivity index (χ2v) is 8.72. The average molecular weight is 433 g/mol. The minimum atomic E-state index is -3.42. The third-order valence-corrected chi connectivity index (χ3v) is 5.86. The van der Waals surface area contributed by atoms with Crippen LogP contribution in [0.5, 0.6) is 0 Å². The minimum absolute atomic E-state index is 0.00676. The van der Waals surface area contributed by atoms with E-state index in [-0.39, 0.29) is 22.5 Å². The zero-order valence-electron chi connectivity index (χ0n) is 16.0. The second-order valence-electron chi connectivity index (χ2n) is 6.81. The van der Waals surface area contributed by atoms with Gasteiger partial charge >= 0.3 is 5.97 Å². The molecule has 0 atom stereocenters. The molecule has 0 radical (unpaired) electrons. The van der Waals surface area contributed by atoms with Gasteiger partial charge in [0, 0.05) is 29.9 Å². The molecule has 0 aliphatic carbocycles. The van der Waals surface area contributed by atoms with Crippen molar-refractivity contribution in [3.63, 3.8) is 0 Å². The minimum Gasteiger partial charge on any atom is -0.454 e. The van der Waals surface area contributed by atoms with Crippen LogP contribution in [0.25, 0.3) is 0 Å². The Bertz CT molecular complexity index is 1140. The van der Waals surface area contributed by atoms with Crippen molar-refractivity contribution < 1.29 is 27.7 Å². The van der Waals surface area contributed by atoms with Crippen molar-refractivity contribution in [1.82, 2.24) is 0 Å². The molecule has 1 aliphatic heterocycles. The number of rotatable bonds is 6. The van der Waals surface area contributed by atoms with Crippen LogP contribution in [0.2, 0.25) is 0 Å². The highest BCUT2D eigenvalue weighted by Gasteiger charge is 2.25. The Balaban J connectivity index is 1.74. The van der Waals surface area contributed by atoms with Crippen LogP contribution in [-0.4, -0.2) is 44.5 Å². The van der Waals surface area contributed by atoms with Crippen LogP contribution >= 0.6 is 0 Å². The highest BCUT2D eigenvalue weighted by atomic mass is 32.2. The maximum absolute atomic E-state index is 12.5. The van der Waals surface area contributed by atoms with E-state index in [0.717, 1.165) is 18.4 Å². The van der Waals surface area contributed by atoms with Crippen molar-refractivity contribution in [3.05, 3.63) is 63.2 Å². The number of aryl methyl sites for hydroxylation is 1. The molecule has 0 amide bonds. The largest absolute Gasteiger partial charge is 0.454 e. The summed E-state index contributed by atoms with van der Waals surface area (Å²) in [5.41, 5.74) is 6.65. The summed E-state index contributed by atoms with van der Waals surface area (Å²) in [4.78, 5) is 34.9. The second kappa shape index (κ2) is 8.11. The summed E-state index contributed by atoms with van der Waals surface area (Å²) in [6.45, 7) is -0.211. The third-order valence-electron chi connectivity index (χ3n) is 4.68. The van der Waals surface area contributed by atoms with Crippen LogP contribution in [-0.2, 0) is 21.2 Å². The number of esters is 1. The van der Waals surface area contributed by atoms with Crippen LogP contribution in [0.3, 0.4) is 0 Å². The Morgan fingerprint density at radius 2 is 1.97 bits per heavy atom. The molecule has 0 saturated heterocycles. The molecular weight excluding hydrogens is 414 g/mol. The summed E-state index contributed by atoms with van der Waals surface area (Å²) in [5.74, 6) is -1.45. The molecule has 1 aliphatic rings. The lowest BCUT2D eigenvalue weighted by molar-refractivity contribution is -0.384. The quantitative estimate of drug-likeness (QED) is 0.239. The summed E-state index contributed by atoms with van der Waals surface area (Å²) in [6.07, 6.45) is 2.37. The van der Waals surface area contributed by atoms with Crippen molar-refractivity contribution in [2.75, 3.05) is 29.4 Å². The lowest BCUT2D eigenvalue weighted by Crippen LogP contribution is -2.34. The van der Waals surface area contributed by atoms with Gasteiger partial charge in [0.1, 0.15) is 0 Å². The number of sulfonamides is 1. The van der Waals surface area contributed by atoms with E-state index in [4.69, 9.17) is 10.5 Å². The highest BCUT2D eigenvalue weighted by Crippen LogP contribution is 2.30. The number of nitrogen functional groups attached to an aromatic ring is 1. The molecule has 1 heterocycles. The summed E-state index contributed by atoms with van der Waals surface area (Å²) >= 11 is 0. The molecule has 0 bridgehead atoms. The first-order valence-corrected chi connectivity index (χ1v) is 10.8. The van der Waals surface area contributed by atoms with E-state index in [0.29, 0.717) is 30.6 Å². The van der Waals surface area contributed by atoms with Crippen molar-refractivity contribution in [2.24, 2.45) is 0 Å². The van der Waals surface area contributed by atoms with E-state index in [9.17, 15) is 28.1 Å². The monoisotopic (exact) mass is 433 g/mol. The first kappa shape index (κ1) is 21.2. The Morgan fingerprint density at radius 1 is 1.23 bits per heavy atom. The van der Waals surface area contributed by atoms with Gasteiger partial charge in [0.2, 0.25) is 10.0 Å². The average Bonchev–Trinajstić information content (AvgIpc) is 2.70. The molecule has 3 rings (SSSR count). The van der Waals surface area contributed by atoms with Crippen molar-refractivity contribution in [2.45, 2.75) is 12.8 Å². The van der Waals surface area contributed by atoms with Crippen LogP contribution in [0.1, 0.15) is 32.7 Å². The number of nitrogens with two attached hydrogens (primary N) is 1. The third kappa shape index (κ3) is 4.40. The zero-order chi connectivity index (χ0) is 22.1. The number of hydrogen-bond acceptors (Lipinski definition) is 8. The molecule has 0 unspecified atom stereocenters. The number of carbonyl (C=O) groups is 2. The number of benzene rings is 2. The van der Waals surface area contributed by atoms with E-state index in [1.165, 1.54) is 16.4 Å². The molecule has 0 saturated carbocycles. The number of anilines is 2. The Kier molecular flexibility index (Phi) is 5.74. The number of fused-ring (bicyclic) bond motifs is 1. The molecule has 2 aromatic carbocycles. The fourth-order valence-corrected chi connectivity index (χ4v) is 4.20. The van der Waals surface area contributed by atoms with Gasteiger partial charge in [-0.3, -0.25) is 19.2 Å². The zero-order valence-corrected chi connectivity index (χ0v) is 16.8. The fraction of sp³-hybridized carbons (Fsp3) is 0.263. The molecule has 2 aromatic rings. The van der Waals surface area contributed by atoms with Crippen LogP contribution < -0.4 is 10.0 Å². The highest BCUT2D eigenvalue weighted by molar-refractivity contribution is 7.92. The van der Waals surface area contributed by atoms with Gasteiger partial charge in [0.25, 0.3) is 5.69 Å². The lowest BCUT2D eigenvalue weighted by Gasteiger charge is -2.29. The Labute approximate surface area is 172 Å². The topological polar surface area (TPSA) is 150 Å². The lowest BCUT2D eigenvalue weighted by atomic mass is 9.99. The molecule has 2 N–H and O–H groups in total. The van der Waals surface area contributed by atoms with E-state index < -0.39 is 33.3 Å². The number of nitro groups is 1. The standard InChI is InChI=1S/C19H19N3O7S/c1-30(27,28)21-8-2-3-12-9-13(4-7-17(12)21)18(23)11-29-19(24)15-10-14(22(25)26)5-6-16(15)20/h4-7,9-10H,2-3,8,11,20H2,1H3. The molecule has 158 valence electrons. The fourth-order valence-electron chi connectivity index (χ4n) is 3.21. The summed E-state index contributed by atoms with van der Waals surface area (Å²) in [6, 6.07) is 7.98. The number of nitrogens with zero attached hydrogens (tertiary/aromatic N) is 2. The Hall–Kier alpha value is -3.47. The molecule has 11 heteroatoms. The Morgan fingerprint density at radius 3 is 2.63 bits per heavy atom. The van der Waals surface area contributed by atoms with Crippen LogP contribution in [0.4, 0.5) is 17.1 Å². The summed E-state index contributed by atoms with van der Waals surface area (Å²) in [5, 5.41) is 10.9. The van der Waals surface area contributed by atoms with E-state index in [1.54, 1.807) is 12.1 Å². The maximum Gasteiger partial charge on any atom is 0.340 e. The number of Topliss-reactive ketones (excluding diaryl/α,β-unsaturated/α-hetero) is 1. The maximum atomic E-state index is 12.5. The predicted molar refractivity (Wildman–Crippen MR) is 109 cm³/mol. The summed E-state index contributed by atoms with van der Waals surface area (Å²) < 4.78 is 30.1. The van der Waals surface area contributed by atoms with Gasteiger partial charge in [0.15, 0.2) is 12.4 Å². The number of ketones is 1. The van der Waals surface area contributed by atoms with Crippen LogP contribution in [0.15, 0.2) is 36.4 Å². The normalized spacial score (nSPS) is 13.4.